The van der Waals surface area contributed by atoms with Crippen LogP contribution in [-0.2, 0) is 11.3 Å². The lowest BCUT2D eigenvalue weighted by molar-refractivity contribution is -0.124. The number of fused-ring (bicyclic) bond motifs is 1. The molecule has 0 aromatic heterocycles. The number of carbonyl (C=O) groups excluding carboxylic acids is 1. The van der Waals surface area contributed by atoms with Gasteiger partial charge in [-0.15, -0.1) is 0 Å². The maximum absolute atomic E-state index is 13.5. The summed E-state index contributed by atoms with van der Waals surface area (Å²) < 4.78 is 24.3. The van der Waals surface area contributed by atoms with Gasteiger partial charge in [-0.2, -0.15) is 0 Å². The molecule has 6 nitrogen and oxygen atoms in total. The Bertz CT molecular complexity index is 860. The van der Waals surface area contributed by atoms with Gasteiger partial charge in [0.05, 0.1) is 0 Å². The first kappa shape index (κ1) is 17.6. The largest absolute Gasteiger partial charge is 0.454 e. The number of hydrogen-bond donors (Lipinski definition) is 2. The third kappa shape index (κ3) is 3.55. The molecule has 4 rings (SSSR count). The minimum Gasteiger partial charge on any atom is -0.454 e. The molecule has 2 N–H and O–H groups in total. The quantitative estimate of drug-likeness (QED) is 0.845. The van der Waals surface area contributed by atoms with Crippen LogP contribution in [0.25, 0.3) is 0 Å². The maximum Gasteiger partial charge on any atom is 0.246 e. The fraction of sp³-hybridized carbons (Fsp3) is 0.350. The molecule has 2 aliphatic rings. The SMILES string of the molecule is CNC(=O)C1(Nc2cccc(F)c2)CCN(Cc2ccc3c(c2)OCO3)C1. The molecule has 7 heteroatoms. The highest BCUT2D eigenvalue weighted by Gasteiger charge is 2.44. The average Bonchev–Trinajstić information content (AvgIpc) is 3.28. The van der Waals surface area contributed by atoms with E-state index in [1.54, 1.807) is 19.2 Å². The zero-order valence-electron chi connectivity index (χ0n) is 15.1. The van der Waals surface area contributed by atoms with Crippen LogP contribution in [0.5, 0.6) is 11.5 Å². The van der Waals surface area contributed by atoms with E-state index in [0.717, 1.165) is 23.6 Å². The Hall–Kier alpha value is -2.80. The van der Waals surface area contributed by atoms with Crippen LogP contribution in [0.15, 0.2) is 42.5 Å². The topological polar surface area (TPSA) is 62.8 Å². The van der Waals surface area contributed by atoms with Gasteiger partial charge in [-0.25, -0.2) is 4.39 Å². The third-order valence-electron chi connectivity index (χ3n) is 5.06. The van der Waals surface area contributed by atoms with Crippen molar-refractivity contribution in [3.63, 3.8) is 0 Å². The predicted molar refractivity (Wildman–Crippen MR) is 99.3 cm³/mol. The first-order valence-electron chi connectivity index (χ1n) is 8.95. The number of ether oxygens (including phenoxy) is 2. The van der Waals surface area contributed by atoms with Gasteiger partial charge in [0.25, 0.3) is 0 Å². The van der Waals surface area contributed by atoms with Gasteiger partial charge in [0.2, 0.25) is 12.7 Å². The number of nitrogens with zero attached hydrogens (tertiary/aromatic N) is 1. The van der Waals surface area contributed by atoms with E-state index in [2.05, 4.69) is 15.5 Å². The van der Waals surface area contributed by atoms with E-state index < -0.39 is 5.54 Å². The molecule has 2 aromatic rings. The highest BCUT2D eigenvalue weighted by Crippen LogP contribution is 2.34. The smallest absolute Gasteiger partial charge is 0.246 e. The van der Waals surface area contributed by atoms with E-state index in [-0.39, 0.29) is 18.5 Å². The zero-order chi connectivity index (χ0) is 18.9. The summed E-state index contributed by atoms with van der Waals surface area (Å²) in [6.07, 6.45) is 0.633. The molecular formula is C20H22FN3O3. The second-order valence-corrected chi connectivity index (χ2v) is 6.94. The summed E-state index contributed by atoms with van der Waals surface area (Å²) in [6.45, 7) is 2.22. The molecule has 1 amide bonds. The Labute approximate surface area is 157 Å². The highest BCUT2D eigenvalue weighted by molar-refractivity contribution is 5.90. The van der Waals surface area contributed by atoms with Crippen LogP contribution < -0.4 is 20.1 Å². The van der Waals surface area contributed by atoms with Crippen LogP contribution in [0.4, 0.5) is 10.1 Å². The number of rotatable bonds is 5. The van der Waals surface area contributed by atoms with E-state index in [9.17, 15) is 9.18 Å². The van der Waals surface area contributed by atoms with E-state index in [4.69, 9.17) is 9.47 Å². The second kappa shape index (κ2) is 7.08. The van der Waals surface area contributed by atoms with Crippen LogP contribution in [0.2, 0.25) is 0 Å². The van der Waals surface area contributed by atoms with Crippen LogP contribution in [-0.4, -0.2) is 43.3 Å². The molecule has 1 fully saturated rings. The maximum atomic E-state index is 13.5. The van der Waals surface area contributed by atoms with Crippen molar-refractivity contribution in [3.8, 4) is 11.5 Å². The first-order valence-corrected chi connectivity index (χ1v) is 8.95. The van der Waals surface area contributed by atoms with Crippen molar-refractivity contribution < 1.29 is 18.7 Å². The fourth-order valence-corrected chi connectivity index (χ4v) is 3.75. The Morgan fingerprint density at radius 3 is 2.89 bits per heavy atom. The van der Waals surface area contributed by atoms with Gasteiger partial charge in [-0.05, 0) is 42.3 Å². The molecular weight excluding hydrogens is 349 g/mol. The number of amides is 1. The van der Waals surface area contributed by atoms with Gasteiger partial charge < -0.3 is 20.1 Å². The summed E-state index contributed by atoms with van der Waals surface area (Å²) in [5, 5.41) is 6.01. The third-order valence-corrected chi connectivity index (χ3v) is 5.06. The van der Waals surface area contributed by atoms with Crippen LogP contribution >= 0.6 is 0 Å². The molecule has 1 atom stereocenters. The van der Waals surface area contributed by atoms with Gasteiger partial charge in [0.1, 0.15) is 11.4 Å². The summed E-state index contributed by atoms with van der Waals surface area (Å²) in [5.74, 6) is 1.08. The minimum atomic E-state index is -0.793. The van der Waals surface area contributed by atoms with Crippen molar-refractivity contribution in [1.29, 1.82) is 0 Å². The molecule has 2 heterocycles. The lowest BCUT2D eigenvalue weighted by atomic mass is 9.96. The molecule has 0 aliphatic carbocycles. The van der Waals surface area contributed by atoms with Crippen molar-refractivity contribution >= 4 is 11.6 Å². The van der Waals surface area contributed by atoms with Gasteiger partial charge in [0, 0.05) is 32.4 Å². The summed E-state index contributed by atoms with van der Waals surface area (Å²) in [5.41, 5.74) is 0.903. The standard InChI is InChI=1S/C20H22FN3O3/c1-22-19(25)20(23-16-4-2-3-15(21)10-16)7-8-24(12-20)11-14-5-6-17-18(9-14)27-13-26-17/h2-6,9-10,23H,7-8,11-13H2,1H3,(H,22,25). The number of benzene rings is 2. The van der Waals surface area contributed by atoms with Crippen LogP contribution in [0.3, 0.4) is 0 Å². The first-order chi connectivity index (χ1) is 13.1. The number of anilines is 1. The van der Waals surface area contributed by atoms with Crippen molar-refractivity contribution in [1.82, 2.24) is 10.2 Å². The molecule has 0 spiro atoms. The Kier molecular flexibility index (Phi) is 4.61. The minimum absolute atomic E-state index is 0.0973. The van der Waals surface area contributed by atoms with E-state index in [1.165, 1.54) is 12.1 Å². The van der Waals surface area contributed by atoms with Crippen molar-refractivity contribution in [2.24, 2.45) is 0 Å². The normalized spacial score (nSPS) is 21.3. The number of nitrogens with one attached hydrogen (secondary N) is 2. The highest BCUT2D eigenvalue weighted by atomic mass is 19.1. The van der Waals surface area contributed by atoms with E-state index in [0.29, 0.717) is 25.2 Å². The van der Waals surface area contributed by atoms with Gasteiger partial charge in [-0.1, -0.05) is 12.1 Å². The van der Waals surface area contributed by atoms with Crippen LogP contribution in [0, 0.1) is 5.82 Å². The fourth-order valence-electron chi connectivity index (χ4n) is 3.75. The van der Waals surface area contributed by atoms with Gasteiger partial charge in [0.15, 0.2) is 11.5 Å². The molecule has 2 aliphatic heterocycles. The predicted octanol–water partition coefficient (Wildman–Crippen LogP) is 2.36. The van der Waals surface area contributed by atoms with E-state index in [1.807, 2.05) is 18.2 Å². The summed E-state index contributed by atoms with van der Waals surface area (Å²) in [7, 11) is 1.62. The molecule has 0 radical (unpaired) electrons. The molecule has 27 heavy (non-hydrogen) atoms. The summed E-state index contributed by atoms with van der Waals surface area (Å²) >= 11 is 0. The number of hydrogen-bond acceptors (Lipinski definition) is 5. The van der Waals surface area contributed by atoms with Crippen LogP contribution in [0.1, 0.15) is 12.0 Å². The number of carbonyl (C=O) groups is 1. The zero-order valence-corrected chi connectivity index (χ0v) is 15.1. The average molecular weight is 371 g/mol. The Balaban J connectivity index is 1.50. The molecule has 142 valence electrons. The summed E-state index contributed by atoms with van der Waals surface area (Å²) in [4.78, 5) is 14.9. The van der Waals surface area contributed by atoms with Gasteiger partial charge in [-0.3, -0.25) is 9.69 Å². The summed E-state index contributed by atoms with van der Waals surface area (Å²) in [6, 6.07) is 12.1. The molecule has 2 aromatic carbocycles. The van der Waals surface area contributed by atoms with Crippen molar-refractivity contribution in [3.05, 3.63) is 53.8 Å². The monoisotopic (exact) mass is 371 g/mol. The second-order valence-electron chi connectivity index (χ2n) is 6.94. The molecule has 0 saturated carbocycles. The molecule has 1 unspecified atom stereocenters. The lowest BCUT2D eigenvalue weighted by Gasteiger charge is -2.30. The lowest BCUT2D eigenvalue weighted by Crippen LogP contribution is -2.53. The number of likely N-dealkylation sites (N-methyl/N-ethyl adjacent to an activating group) is 1. The Morgan fingerprint density at radius 2 is 2.07 bits per heavy atom. The van der Waals surface area contributed by atoms with E-state index >= 15 is 0 Å². The van der Waals surface area contributed by atoms with Crippen molar-refractivity contribution in [2.75, 3.05) is 32.2 Å². The molecule has 1 saturated heterocycles. The molecule has 0 bridgehead atoms. The van der Waals surface area contributed by atoms with Crippen molar-refractivity contribution in [2.45, 2.75) is 18.5 Å². The Morgan fingerprint density at radius 1 is 1.22 bits per heavy atom. The number of halogens is 1. The van der Waals surface area contributed by atoms with Gasteiger partial charge >= 0.3 is 0 Å². The number of likely N-dealkylation sites (tertiary alicyclic amines) is 1.